The predicted molar refractivity (Wildman–Crippen MR) is 64.9 cm³/mol. The highest BCUT2D eigenvalue weighted by molar-refractivity contribution is 6.07. The third kappa shape index (κ3) is 0.852. The smallest absolute Gasteiger partial charge is 0.0951 e. The topological polar surface area (TPSA) is 37.1 Å². The number of hydrogen-bond acceptors (Lipinski definition) is 3. The first kappa shape index (κ1) is 7.93. The van der Waals surface area contributed by atoms with Crippen LogP contribution in [-0.4, -0.2) is 12.4 Å². The fourth-order valence-electron chi connectivity index (χ4n) is 2.29. The highest BCUT2D eigenvalue weighted by Gasteiger charge is 2.10. The Bertz CT molecular complexity index is 798. The Labute approximate surface area is 91.2 Å². The standard InChI is InChI=1S/C13H7N3/c1-3-11-9(5-6-14-11)13-8(1)2-4-12-10(13)7-15-16-12/h1-7H. The molecule has 0 N–H and O–H groups in total. The lowest BCUT2D eigenvalue weighted by molar-refractivity contribution is 1.18. The maximum atomic E-state index is 4.32. The zero-order valence-electron chi connectivity index (χ0n) is 8.38. The Hall–Kier alpha value is -2.29. The van der Waals surface area contributed by atoms with E-state index in [1.165, 1.54) is 16.0 Å². The van der Waals surface area contributed by atoms with Gasteiger partial charge < -0.3 is 0 Å². The van der Waals surface area contributed by atoms with E-state index in [9.17, 15) is 0 Å². The van der Waals surface area contributed by atoms with Gasteiger partial charge in [-0.25, -0.2) is 0 Å². The van der Waals surface area contributed by atoms with Gasteiger partial charge in [-0.15, -0.1) is 0 Å². The first-order chi connectivity index (χ1) is 7.93. The van der Waals surface area contributed by atoms with E-state index in [0.29, 0.717) is 0 Å². The molecular weight excluding hydrogens is 198 g/mol. The van der Waals surface area contributed by atoms with E-state index in [1.54, 1.807) is 0 Å². The molecule has 2 heterocycles. The molecule has 0 amide bonds. The molecule has 4 rings (SSSR count). The first-order valence-electron chi connectivity index (χ1n) is 5.15. The van der Waals surface area contributed by atoms with Crippen molar-refractivity contribution in [3.05, 3.63) is 40.4 Å². The summed E-state index contributed by atoms with van der Waals surface area (Å²) in [4.78, 5) is 4.32. The molecule has 2 aliphatic heterocycles. The maximum absolute atomic E-state index is 4.32. The van der Waals surface area contributed by atoms with Crippen molar-refractivity contribution in [2.24, 2.45) is 15.2 Å². The molecule has 3 heteroatoms. The number of rotatable bonds is 0. The van der Waals surface area contributed by atoms with Crippen molar-refractivity contribution in [3.63, 3.8) is 0 Å². The molecule has 3 nitrogen and oxygen atoms in total. The lowest BCUT2D eigenvalue weighted by atomic mass is 10.0. The Morgan fingerprint density at radius 2 is 1.94 bits per heavy atom. The third-order valence-electron chi connectivity index (χ3n) is 3.03. The lowest BCUT2D eigenvalue weighted by Gasteiger charge is -2.02. The van der Waals surface area contributed by atoms with Gasteiger partial charge in [0.15, 0.2) is 0 Å². The van der Waals surface area contributed by atoms with Crippen LogP contribution in [0.1, 0.15) is 5.56 Å². The first-order valence-corrected chi connectivity index (χ1v) is 5.15. The Morgan fingerprint density at radius 3 is 2.94 bits per heavy atom. The number of aliphatic imine (C=N–C) groups is 1. The molecule has 0 saturated carbocycles. The summed E-state index contributed by atoms with van der Waals surface area (Å²) in [5, 5.41) is 12.6. The Morgan fingerprint density at radius 1 is 1.00 bits per heavy atom. The van der Waals surface area contributed by atoms with Gasteiger partial charge in [0.2, 0.25) is 0 Å². The minimum absolute atomic E-state index is 0.946. The quantitative estimate of drug-likeness (QED) is 0.621. The van der Waals surface area contributed by atoms with Crippen LogP contribution in [0.3, 0.4) is 0 Å². The molecule has 2 aliphatic rings. The zero-order chi connectivity index (χ0) is 10.5. The van der Waals surface area contributed by atoms with Crippen LogP contribution in [0.15, 0.2) is 39.5 Å². The van der Waals surface area contributed by atoms with Crippen molar-refractivity contribution in [3.8, 4) is 0 Å². The summed E-state index contributed by atoms with van der Waals surface area (Å²) in [7, 11) is 0. The molecule has 0 aromatic heterocycles. The second-order valence-corrected chi connectivity index (χ2v) is 3.88. The van der Waals surface area contributed by atoms with Crippen molar-refractivity contribution in [1.82, 2.24) is 0 Å². The number of nitrogens with zero attached hydrogens (tertiary/aromatic N) is 3. The van der Waals surface area contributed by atoms with Gasteiger partial charge in [-0.1, -0.05) is 12.1 Å². The molecule has 0 bridgehead atoms. The third-order valence-corrected chi connectivity index (χ3v) is 3.03. The molecule has 16 heavy (non-hydrogen) atoms. The molecule has 74 valence electrons. The van der Waals surface area contributed by atoms with Crippen LogP contribution in [0.25, 0.3) is 16.8 Å². The van der Waals surface area contributed by atoms with Crippen molar-refractivity contribution >= 4 is 35.0 Å². The van der Waals surface area contributed by atoms with Crippen LogP contribution in [0.5, 0.6) is 0 Å². The average molecular weight is 205 g/mol. The summed E-state index contributed by atoms with van der Waals surface area (Å²) in [6.45, 7) is 0. The SMILES string of the molecule is C1=NN=c2ccc3ccc4c(c3c21)=CC=N4. The molecule has 0 fully saturated rings. The minimum atomic E-state index is 0.946. The van der Waals surface area contributed by atoms with Gasteiger partial charge in [-0.05, 0) is 23.6 Å². The Kier molecular flexibility index (Phi) is 1.31. The highest BCUT2D eigenvalue weighted by atomic mass is 15.2. The van der Waals surface area contributed by atoms with Crippen LogP contribution in [0.4, 0.5) is 5.69 Å². The Balaban J connectivity index is 2.37. The largest absolute Gasteiger partial charge is 0.256 e. The summed E-state index contributed by atoms with van der Waals surface area (Å²) >= 11 is 0. The molecule has 0 spiro atoms. The summed E-state index contributed by atoms with van der Waals surface area (Å²) in [5.74, 6) is 0. The van der Waals surface area contributed by atoms with Gasteiger partial charge in [-0.2, -0.15) is 10.2 Å². The van der Waals surface area contributed by atoms with E-state index in [-0.39, 0.29) is 0 Å². The molecule has 0 aliphatic carbocycles. The van der Waals surface area contributed by atoms with Crippen LogP contribution in [-0.2, 0) is 0 Å². The second-order valence-electron chi connectivity index (χ2n) is 3.88. The van der Waals surface area contributed by atoms with E-state index in [0.717, 1.165) is 16.6 Å². The number of fused-ring (bicyclic) bond motifs is 5. The molecule has 2 aromatic carbocycles. The van der Waals surface area contributed by atoms with Gasteiger partial charge in [0.1, 0.15) is 0 Å². The molecule has 0 saturated heterocycles. The van der Waals surface area contributed by atoms with Gasteiger partial charge in [0.05, 0.1) is 17.3 Å². The molecule has 2 aromatic rings. The normalized spacial score (nSPS) is 14.8. The molecule has 0 atom stereocenters. The second kappa shape index (κ2) is 2.64. The summed E-state index contributed by atoms with van der Waals surface area (Å²) in [6, 6.07) is 8.23. The van der Waals surface area contributed by atoms with Gasteiger partial charge in [-0.3, -0.25) is 4.99 Å². The van der Waals surface area contributed by atoms with Crippen molar-refractivity contribution in [1.29, 1.82) is 0 Å². The summed E-state index contributed by atoms with van der Waals surface area (Å²) < 4.78 is 0. The molecule has 0 radical (unpaired) electrons. The minimum Gasteiger partial charge on any atom is -0.256 e. The van der Waals surface area contributed by atoms with Crippen molar-refractivity contribution in [2.75, 3.05) is 0 Å². The van der Waals surface area contributed by atoms with E-state index < -0.39 is 0 Å². The van der Waals surface area contributed by atoms with E-state index in [2.05, 4.69) is 27.3 Å². The zero-order valence-corrected chi connectivity index (χ0v) is 8.38. The highest BCUT2D eigenvalue weighted by Crippen LogP contribution is 2.19. The monoisotopic (exact) mass is 205 g/mol. The summed E-state index contributed by atoms with van der Waals surface area (Å²) in [6.07, 6.45) is 5.71. The molecule has 0 unspecified atom stereocenters. The van der Waals surface area contributed by atoms with Crippen molar-refractivity contribution in [2.45, 2.75) is 0 Å². The average Bonchev–Trinajstić information content (AvgIpc) is 2.96. The van der Waals surface area contributed by atoms with E-state index in [1.807, 2.05) is 30.6 Å². The van der Waals surface area contributed by atoms with Gasteiger partial charge in [0, 0.05) is 22.4 Å². The van der Waals surface area contributed by atoms with Crippen LogP contribution in [0.2, 0.25) is 0 Å². The number of benzene rings is 2. The van der Waals surface area contributed by atoms with E-state index in [4.69, 9.17) is 0 Å². The predicted octanol–water partition coefficient (Wildman–Crippen LogP) is 1.30. The maximum Gasteiger partial charge on any atom is 0.0951 e. The molecular formula is C13H7N3. The fraction of sp³-hybridized carbons (Fsp3) is 0. The van der Waals surface area contributed by atoms with Gasteiger partial charge in [0.25, 0.3) is 0 Å². The fourth-order valence-corrected chi connectivity index (χ4v) is 2.29. The lowest BCUT2D eigenvalue weighted by Crippen LogP contribution is -2.11. The van der Waals surface area contributed by atoms with Crippen LogP contribution in [0, 0.1) is 0 Å². The number of hydrogen-bond donors (Lipinski definition) is 0. The van der Waals surface area contributed by atoms with Crippen LogP contribution < -0.4 is 10.6 Å². The van der Waals surface area contributed by atoms with Gasteiger partial charge >= 0.3 is 0 Å². The van der Waals surface area contributed by atoms with Crippen LogP contribution >= 0.6 is 0 Å². The summed E-state index contributed by atoms with van der Waals surface area (Å²) in [5.41, 5.74) is 2.14. The van der Waals surface area contributed by atoms with E-state index >= 15 is 0 Å². The van der Waals surface area contributed by atoms with Crippen molar-refractivity contribution < 1.29 is 0 Å².